The van der Waals surface area contributed by atoms with E-state index in [9.17, 15) is 9.59 Å². The van der Waals surface area contributed by atoms with E-state index in [1.807, 2.05) is 24.3 Å². The molecule has 0 saturated heterocycles. The standard InChI is InChI=1S/C14H20N2O5/c1-21-11-4-2-10(3-5-11)6-8-15-14(20)16-12(7-9-17)13(18)19/h2-5,12,17H,6-9H2,1H3,(H,18,19)(H2,15,16,20)/t12-/m1/s1. The summed E-state index contributed by atoms with van der Waals surface area (Å²) in [5.41, 5.74) is 1.03. The Kier molecular flexibility index (Phi) is 7.03. The second kappa shape index (κ2) is 8.80. The molecule has 0 saturated carbocycles. The van der Waals surface area contributed by atoms with Gasteiger partial charge in [0.15, 0.2) is 0 Å². The summed E-state index contributed by atoms with van der Waals surface area (Å²) in [6.07, 6.45) is 0.594. The molecule has 0 aliphatic heterocycles. The fourth-order valence-corrected chi connectivity index (χ4v) is 1.71. The highest BCUT2D eigenvalue weighted by Crippen LogP contribution is 2.11. The number of carbonyl (C=O) groups is 2. The van der Waals surface area contributed by atoms with Gasteiger partial charge in [-0.05, 0) is 24.1 Å². The van der Waals surface area contributed by atoms with Crippen LogP contribution in [0.5, 0.6) is 5.75 Å². The topological polar surface area (TPSA) is 108 Å². The van der Waals surface area contributed by atoms with Gasteiger partial charge in [-0.2, -0.15) is 0 Å². The average molecular weight is 296 g/mol. The third-order valence-corrected chi connectivity index (χ3v) is 2.88. The summed E-state index contributed by atoms with van der Waals surface area (Å²) < 4.78 is 5.05. The molecule has 0 bridgehead atoms. The molecule has 7 nitrogen and oxygen atoms in total. The Morgan fingerprint density at radius 3 is 2.48 bits per heavy atom. The van der Waals surface area contributed by atoms with Crippen LogP contribution in [0.2, 0.25) is 0 Å². The zero-order valence-corrected chi connectivity index (χ0v) is 11.8. The summed E-state index contributed by atoms with van der Waals surface area (Å²) in [4.78, 5) is 22.4. The molecule has 2 amide bonds. The van der Waals surface area contributed by atoms with Gasteiger partial charge < -0.3 is 25.6 Å². The van der Waals surface area contributed by atoms with Crippen LogP contribution in [-0.2, 0) is 11.2 Å². The summed E-state index contributed by atoms with van der Waals surface area (Å²) >= 11 is 0. The van der Waals surface area contributed by atoms with Gasteiger partial charge in [-0.1, -0.05) is 12.1 Å². The number of nitrogens with one attached hydrogen (secondary N) is 2. The van der Waals surface area contributed by atoms with Crippen molar-refractivity contribution in [1.29, 1.82) is 0 Å². The molecule has 0 radical (unpaired) electrons. The van der Waals surface area contributed by atoms with E-state index in [4.69, 9.17) is 14.9 Å². The van der Waals surface area contributed by atoms with Crippen molar-refractivity contribution in [2.75, 3.05) is 20.3 Å². The number of benzene rings is 1. The van der Waals surface area contributed by atoms with Crippen LogP contribution in [0.25, 0.3) is 0 Å². The van der Waals surface area contributed by atoms with Crippen LogP contribution in [-0.4, -0.2) is 48.5 Å². The smallest absolute Gasteiger partial charge is 0.326 e. The lowest BCUT2D eigenvalue weighted by atomic mass is 10.1. The number of amides is 2. The first kappa shape index (κ1) is 16.8. The van der Waals surface area contributed by atoms with Crippen LogP contribution >= 0.6 is 0 Å². The highest BCUT2D eigenvalue weighted by molar-refractivity contribution is 5.82. The molecule has 1 rings (SSSR count). The van der Waals surface area contributed by atoms with E-state index < -0.39 is 18.0 Å². The third kappa shape index (κ3) is 6.13. The van der Waals surface area contributed by atoms with Crippen LogP contribution in [0, 0.1) is 0 Å². The van der Waals surface area contributed by atoms with Crippen molar-refractivity contribution in [2.45, 2.75) is 18.9 Å². The number of hydrogen-bond donors (Lipinski definition) is 4. The number of aliphatic carboxylic acids is 1. The molecule has 1 aromatic carbocycles. The van der Waals surface area contributed by atoms with E-state index >= 15 is 0 Å². The van der Waals surface area contributed by atoms with Crippen molar-refractivity contribution in [3.63, 3.8) is 0 Å². The number of carboxylic acid groups (broad SMARTS) is 1. The molecule has 1 atom stereocenters. The van der Waals surface area contributed by atoms with Crippen molar-refractivity contribution >= 4 is 12.0 Å². The molecule has 0 spiro atoms. The number of ether oxygens (including phenoxy) is 1. The molecule has 0 aliphatic carbocycles. The summed E-state index contributed by atoms with van der Waals surface area (Å²) in [5.74, 6) is -0.410. The van der Waals surface area contributed by atoms with E-state index in [0.29, 0.717) is 13.0 Å². The number of carbonyl (C=O) groups excluding carboxylic acids is 1. The number of urea groups is 1. The summed E-state index contributed by atoms with van der Waals surface area (Å²) in [5, 5.41) is 22.4. The fourth-order valence-electron chi connectivity index (χ4n) is 1.71. The Balaban J connectivity index is 2.33. The predicted octanol–water partition coefficient (Wildman–Crippen LogP) is 0.373. The lowest BCUT2D eigenvalue weighted by Crippen LogP contribution is -2.46. The van der Waals surface area contributed by atoms with E-state index in [1.165, 1.54) is 0 Å². The number of rotatable bonds is 8. The van der Waals surface area contributed by atoms with E-state index in [1.54, 1.807) is 7.11 Å². The van der Waals surface area contributed by atoms with Crippen molar-refractivity contribution in [3.8, 4) is 5.75 Å². The van der Waals surface area contributed by atoms with Crippen LogP contribution in [0.1, 0.15) is 12.0 Å². The van der Waals surface area contributed by atoms with Gasteiger partial charge in [0.2, 0.25) is 0 Å². The van der Waals surface area contributed by atoms with Gasteiger partial charge in [0.05, 0.1) is 7.11 Å². The van der Waals surface area contributed by atoms with Gasteiger partial charge in [0, 0.05) is 19.6 Å². The maximum atomic E-state index is 11.5. The van der Waals surface area contributed by atoms with Crippen molar-refractivity contribution in [1.82, 2.24) is 10.6 Å². The summed E-state index contributed by atoms with van der Waals surface area (Å²) in [6.45, 7) is 0.0761. The predicted molar refractivity (Wildman–Crippen MR) is 76.4 cm³/mol. The maximum Gasteiger partial charge on any atom is 0.326 e. The molecule has 0 fully saturated rings. The number of aliphatic hydroxyl groups is 1. The molecule has 0 unspecified atom stereocenters. The Bertz CT molecular complexity index is 461. The van der Waals surface area contributed by atoms with Gasteiger partial charge >= 0.3 is 12.0 Å². The number of carboxylic acids is 1. The SMILES string of the molecule is COc1ccc(CCNC(=O)N[C@H](CCO)C(=O)O)cc1. The normalized spacial score (nSPS) is 11.5. The quantitative estimate of drug-likeness (QED) is 0.554. The molecule has 0 heterocycles. The van der Waals surface area contributed by atoms with Crippen molar-refractivity contribution < 1.29 is 24.5 Å². The number of aliphatic hydroxyl groups excluding tert-OH is 1. The zero-order chi connectivity index (χ0) is 15.7. The molecule has 116 valence electrons. The maximum absolute atomic E-state index is 11.5. The summed E-state index contributed by atoms with van der Waals surface area (Å²) in [7, 11) is 1.59. The van der Waals surface area contributed by atoms with Crippen molar-refractivity contribution in [3.05, 3.63) is 29.8 Å². The minimum absolute atomic E-state index is 0.0266. The van der Waals surface area contributed by atoms with Gasteiger partial charge in [-0.15, -0.1) is 0 Å². The highest BCUT2D eigenvalue weighted by Gasteiger charge is 2.18. The molecule has 0 aromatic heterocycles. The van der Waals surface area contributed by atoms with Gasteiger partial charge in [-0.3, -0.25) is 0 Å². The fraction of sp³-hybridized carbons (Fsp3) is 0.429. The minimum atomic E-state index is -1.17. The first-order chi connectivity index (χ1) is 10.1. The van der Waals surface area contributed by atoms with Crippen LogP contribution in [0.4, 0.5) is 4.79 Å². The summed E-state index contributed by atoms with van der Waals surface area (Å²) in [6, 6.07) is 5.79. The van der Waals surface area contributed by atoms with Crippen LogP contribution in [0.3, 0.4) is 0 Å². The first-order valence-corrected chi connectivity index (χ1v) is 6.57. The number of methoxy groups -OCH3 is 1. The van der Waals surface area contributed by atoms with Gasteiger partial charge in [-0.25, -0.2) is 9.59 Å². The first-order valence-electron chi connectivity index (χ1n) is 6.57. The second-order valence-corrected chi connectivity index (χ2v) is 4.40. The molecule has 1 aromatic rings. The largest absolute Gasteiger partial charge is 0.497 e. The zero-order valence-electron chi connectivity index (χ0n) is 11.8. The Hall–Kier alpha value is -2.28. The molecule has 4 N–H and O–H groups in total. The second-order valence-electron chi connectivity index (χ2n) is 4.40. The molecular weight excluding hydrogens is 276 g/mol. The monoisotopic (exact) mass is 296 g/mol. The van der Waals surface area contributed by atoms with E-state index in [2.05, 4.69) is 10.6 Å². The lowest BCUT2D eigenvalue weighted by Gasteiger charge is -2.14. The minimum Gasteiger partial charge on any atom is -0.497 e. The van der Waals surface area contributed by atoms with E-state index in [0.717, 1.165) is 11.3 Å². The Morgan fingerprint density at radius 2 is 1.95 bits per heavy atom. The molecular formula is C14H20N2O5. The third-order valence-electron chi connectivity index (χ3n) is 2.88. The number of hydrogen-bond acceptors (Lipinski definition) is 4. The van der Waals surface area contributed by atoms with Gasteiger partial charge in [0.25, 0.3) is 0 Å². The lowest BCUT2D eigenvalue weighted by molar-refractivity contribution is -0.139. The highest BCUT2D eigenvalue weighted by atomic mass is 16.5. The molecule has 0 aliphatic rings. The molecule has 7 heteroatoms. The van der Waals surface area contributed by atoms with Crippen molar-refractivity contribution in [2.24, 2.45) is 0 Å². The van der Waals surface area contributed by atoms with E-state index in [-0.39, 0.29) is 13.0 Å². The Labute approximate surface area is 122 Å². The molecule has 21 heavy (non-hydrogen) atoms. The van der Waals surface area contributed by atoms with Crippen LogP contribution < -0.4 is 15.4 Å². The van der Waals surface area contributed by atoms with Gasteiger partial charge in [0.1, 0.15) is 11.8 Å². The van der Waals surface area contributed by atoms with Crippen LogP contribution in [0.15, 0.2) is 24.3 Å². The Morgan fingerprint density at radius 1 is 1.29 bits per heavy atom. The average Bonchev–Trinajstić information content (AvgIpc) is 2.47.